The molecular formula is C24H24N2O5. The number of fused-ring (bicyclic) bond motifs is 1. The highest BCUT2D eigenvalue weighted by Crippen LogP contribution is 2.40. The summed E-state index contributed by atoms with van der Waals surface area (Å²) in [5.41, 5.74) is 2.32. The van der Waals surface area contributed by atoms with Gasteiger partial charge in [-0.15, -0.1) is 0 Å². The van der Waals surface area contributed by atoms with Gasteiger partial charge in [0.1, 0.15) is 11.5 Å². The van der Waals surface area contributed by atoms with Crippen molar-refractivity contribution in [1.29, 1.82) is 0 Å². The summed E-state index contributed by atoms with van der Waals surface area (Å²) in [4.78, 5) is 40.0. The van der Waals surface area contributed by atoms with Gasteiger partial charge < -0.3 is 14.8 Å². The molecule has 0 spiro atoms. The van der Waals surface area contributed by atoms with Gasteiger partial charge in [0.25, 0.3) is 5.91 Å². The Bertz CT molecular complexity index is 1090. The normalized spacial score (nSPS) is 20.2. The van der Waals surface area contributed by atoms with Gasteiger partial charge in [0.2, 0.25) is 11.8 Å². The van der Waals surface area contributed by atoms with E-state index in [-0.39, 0.29) is 29.6 Å². The molecule has 7 heteroatoms. The minimum atomic E-state index is -0.387. The highest BCUT2D eigenvalue weighted by molar-refractivity contribution is 6.22. The molecule has 1 aliphatic carbocycles. The molecule has 2 aliphatic rings. The van der Waals surface area contributed by atoms with Gasteiger partial charge in [0, 0.05) is 11.6 Å². The summed E-state index contributed by atoms with van der Waals surface area (Å²) in [6.45, 7) is 1.98. The van der Waals surface area contributed by atoms with Crippen LogP contribution in [0.25, 0.3) is 0 Å². The molecule has 1 aliphatic heterocycles. The van der Waals surface area contributed by atoms with Crippen LogP contribution in [0, 0.1) is 11.8 Å². The Morgan fingerprint density at radius 1 is 1.03 bits per heavy atom. The molecule has 1 fully saturated rings. The van der Waals surface area contributed by atoms with Gasteiger partial charge in [0.05, 0.1) is 37.4 Å². The number of anilines is 2. The monoisotopic (exact) mass is 420 g/mol. The number of hydrogen-bond acceptors (Lipinski definition) is 5. The first-order chi connectivity index (χ1) is 14.9. The predicted octanol–water partition coefficient (Wildman–Crippen LogP) is 3.80. The summed E-state index contributed by atoms with van der Waals surface area (Å²) in [7, 11) is 3.05. The minimum Gasteiger partial charge on any atom is -0.497 e. The molecule has 1 saturated heterocycles. The van der Waals surface area contributed by atoms with E-state index in [0.29, 0.717) is 41.3 Å². The Balaban J connectivity index is 1.59. The number of carbonyl (C=O) groups excluding carboxylic acids is 3. The van der Waals surface area contributed by atoms with Gasteiger partial charge in [-0.25, -0.2) is 0 Å². The lowest BCUT2D eigenvalue weighted by atomic mass is 9.82. The van der Waals surface area contributed by atoms with Gasteiger partial charge in [0.15, 0.2) is 0 Å². The lowest BCUT2D eigenvalue weighted by Gasteiger charge is -2.18. The van der Waals surface area contributed by atoms with Crippen LogP contribution in [0.3, 0.4) is 0 Å². The van der Waals surface area contributed by atoms with Crippen LogP contribution in [0.5, 0.6) is 11.5 Å². The van der Waals surface area contributed by atoms with E-state index < -0.39 is 0 Å². The van der Waals surface area contributed by atoms with E-state index in [0.717, 1.165) is 5.57 Å². The van der Waals surface area contributed by atoms with Crippen molar-refractivity contribution in [3.63, 3.8) is 0 Å². The smallest absolute Gasteiger partial charge is 0.255 e. The Labute approximate surface area is 180 Å². The second-order valence-electron chi connectivity index (χ2n) is 7.79. The van der Waals surface area contributed by atoms with E-state index in [1.54, 1.807) is 42.5 Å². The molecule has 3 amide bonds. The van der Waals surface area contributed by atoms with Gasteiger partial charge in [-0.3, -0.25) is 19.3 Å². The molecule has 0 unspecified atom stereocenters. The number of methoxy groups -OCH3 is 2. The maximum absolute atomic E-state index is 13.0. The molecule has 2 atom stereocenters. The van der Waals surface area contributed by atoms with Crippen LogP contribution >= 0.6 is 0 Å². The van der Waals surface area contributed by atoms with Crippen molar-refractivity contribution < 1.29 is 23.9 Å². The van der Waals surface area contributed by atoms with Crippen molar-refractivity contribution in [3.05, 3.63) is 59.7 Å². The van der Waals surface area contributed by atoms with E-state index in [1.165, 1.54) is 19.1 Å². The van der Waals surface area contributed by atoms with Crippen molar-refractivity contribution in [3.8, 4) is 11.5 Å². The quantitative estimate of drug-likeness (QED) is 0.587. The van der Waals surface area contributed by atoms with Gasteiger partial charge in [-0.2, -0.15) is 0 Å². The second kappa shape index (κ2) is 8.26. The molecule has 0 aromatic heterocycles. The van der Waals surface area contributed by atoms with E-state index in [9.17, 15) is 14.4 Å². The number of nitrogens with one attached hydrogen (secondary N) is 1. The van der Waals surface area contributed by atoms with Crippen LogP contribution in [-0.2, 0) is 9.59 Å². The maximum atomic E-state index is 13.0. The zero-order valence-electron chi connectivity index (χ0n) is 17.7. The summed E-state index contributed by atoms with van der Waals surface area (Å²) in [5.74, 6) is -0.375. The summed E-state index contributed by atoms with van der Waals surface area (Å²) in [6.07, 6.45) is 3.20. The standard InChI is InChI=1S/C24H24N2O5/c1-14-7-9-18-19(11-14)24(29)26(23(18)28)16-6-4-5-15(12-16)22(27)25-20-13-17(30-2)8-10-21(20)31-3/h4-8,10,12-13,18-19H,9,11H2,1-3H3,(H,25,27)/t18-,19-/m1/s1. The summed E-state index contributed by atoms with van der Waals surface area (Å²) in [6, 6.07) is 11.6. The van der Waals surface area contributed by atoms with Gasteiger partial charge in [-0.1, -0.05) is 17.7 Å². The Kier molecular flexibility index (Phi) is 5.50. The van der Waals surface area contributed by atoms with Crippen molar-refractivity contribution in [2.45, 2.75) is 19.8 Å². The molecule has 0 radical (unpaired) electrons. The molecule has 7 nitrogen and oxygen atoms in total. The van der Waals surface area contributed by atoms with Crippen molar-refractivity contribution >= 4 is 29.1 Å². The number of benzene rings is 2. The summed E-state index contributed by atoms with van der Waals surface area (Å²) in [5, 5.41) is 2.81. The first-order valence-electron chi connectivity index (χ1n) is 10.1. The molecule has 0 saturated carbocycles. The molecule has 1 N–H and O–H groups in total. The van der Waals surface area contributed by atoms with Crippen molar-refractivity contribution in [2.24, 2.45) is 11.8 Å². The van der Waals surface area contributed by atoms with Crippen LogP contribution in [0.2, 0.25) is 0 Å². The number of hydrogen-bond donors (Lipinski definition) is 1. The fraction of sp³-hybridized carbons (Fsp3) is 0.292. The van der Waals surface area contributed by atoms with Gasteiger partial charge in [-0.05, 0) is 50.1 Å². The topological polar surface area (TPSA) is 84.9 Å². The zero-order valence-corrected chi connectivity index (χ0v) is 17.7. The second-order valence-corrected chi connectivity index (χ2v) is 7.79. The first kappa shape index (κ1) is 20.7. The third-order valence-corrected chi connectivity index (χ3v) is 5.84. The summed E-state index contributed by atoms with van der Waals surface area (Å²) < 4.78 is 10.5. The van der Waals surface area contributed by atoms with E-state index in [4.69, 9.17) is 9.47 Å². The third-order valence-electron chi connectivity index (χ3n) is 5.84. The highest BCUT2D eigenvalue weighted by Gasteiger charge is 2.48. The Morgan fingerprint density at radius 2 is 1.81 bits per heavy atom. The highest BCUT2D eigenvalue weighted by atomic mass is 16.5. The van der Waals surface area contributed by atoms with Crippen LogP contribution in [0.1, 0.15) is 30.1 Å². The third kappa shape index (κ3) is 3.79. The number of carbonyl (C=O) groups is 3. The molecule has 2 aromatic carbocycles. The number of rotatable bonds is 5. The Morgan fingerprint density at radius 3 is 2.55 bits per heavy atom. The predicted molar refractivity (Wildman–Crippen MR) is 116 cm³/mol. The van der Waals surface area contributed by atoms with E-state index in [1.807, 2.05) is 13.0 Å². The molecule has 2 aromatic rings. The molecule has 0 bridgehead atoms. The van der Waals surface area contributed by atoms with Crippen LogP contribution < -0.4 is 19.7 Å². The SMILES string of the molecule is COc1ccc(OC)c(NC(=O)c2cccc(N3C(=O)[C@@H]4CC=C(C)C[C@H]4C3=O)c2)c1. The van der Waals surface area contributed by atoms with E-state index in [2.05, 4.69) is 5.32 Å². The van der Waals surface area contributed by atoms with E-state index >= 15 is 0 Å². The number of amides is 3. The fourth-order valence-electron chi connectivity index (χ4n) is 4.18. The van der Waals surface area contributed by atoms with Crippen LogP contribution in [0.15, 0.2) is 54.1 Å². The average Bonchev–Trinajstić information content (AvgIpc) is 3.03. The van der Waals surface area contributed by atoms with Crippen LogP contribution in [-0.4, -0.2) is 31.9 Å². The molecule has 160 valence electrons. The maximum Gasteiger partial charge on any atom is 0.255 e. The molecule has 1 heterocycles. The van der Waals surface area contributed by atoms with Gasteiger partial charge >= 0.3 is 0 Å². The first-order valence-corrected chi connectivity index (χ1v) is 10.1. The minimum absolute atomic E-state index is 0.200. The van der Waals surface area contributed by atoms with Crippen molar-refractivity contribution in [2.75, 3.05) is 24.4 Å². The molecular weight excluding hydrogens is 396 g/mol. The number of ether oxygens (including phenoxy) is 2. The largest absolute Gasteiger partial charge is 0.497 e. The lowest BCUT2D eigenvalue weighted by Crippen LogP contribution is -2.31. The Hall–Kier alpha value is -3.61. The fourth-order valence-corrected chi connectivity index (χ4v) is 4.18. The molecule has 31 heavy (non-hydrogen) atoms. The van der Waals surface area contributed by atoms with Crippen LogP contribution in [0.4, 0.5) is 11.4 Å². The lowest BCUT2D eigenvalue weighted by molar-refractivity contribution is -0.122. The number of nitrogens with zero attached hydrogens (tertiary/aromatic N) is 1. The number of allylic oxidation sites excluding steroid dienone is 2. The summed E-state index contributed by atoms with van der Waals surface area (Å²) >= 11 is 0. The number of imide groups is 1. The van der Waals surface area contributed by atoms with Crippen molar-refractivity contribution in [1.82, 2.24) is 0 Å². The zero-order chi connectivity index (χ0) is 22.1. The molecule has 4 rings (SSSR count). The average molecular weight is 420 g/mol.